The number of halogens is 1. The Kier molecular flexibility index (Phi) is 4.03. The van der Waals surface area contributed by atoms with E-state index in [-0.39, 0.29) is 11.9 Å². The number of hydrogen-bond acceptors (Lipinski definition) is 1. The average molecular weight is 236 g/mol. The molecule has 1 aromatic carbocycles. The number of ether oxygens (including phenoxy) is 1. The van der Waals surface area contributed by atoms with E-state index < -0.39 is 0 Å². The van der Waals surface area contributed by atoms with E-state index in [0.717, 1.165) is 24.3 Å². The van der Waals surface area contributed by atoms with Gasteiger partial charge in [-0.15, -0.1) is 0 Å². The van der Waals surface area contributed by atoms with Crippen LogP contribution in [0.15, 0.2) is 18.2 Å². The first-order valence-corrected chi connectivity index (χ1v) is 6.62. The molecule has 94 valence electrons. The predicted molar refractivity (Wildman–Crippen MR) is 67.8 cm³/mol. The summed E-state index contributed by atoms with van der Waals surface area (Å²) >= 11 is 0. The third-order valence-electron chi connectivity index (χ3n) is 3.69. The number of aryl methyl sites for hydroxylation is 1. The maximum atomic E-state index is 13.6. The minimum atomic E-state index is -0.241. The van der Waals surface area contributed by atoms with Crippen LogP contribution < -0.4 is 4.74 Å². The van der Waals surface area contributed by atoms with Gasteiger partial charge in [0.25, 0.3) is 0 Å². The Morgan fingerprint density at radius 3 is 2.94 bits per heavy atom. The van der Waals surface area contributed by atoms with Crippen molar-refractivity contribution in [2.45, 2.75) is 52.1 Å². The van der Waals surface area contributed by atoms with Gasteiger partial charge in [0, 0.05) is 0 Å². The van der Waals surface area contributed by atoms with Gasteiger partial charge in [0.2, 0.25) is 0 Å². The van der Waals surface area contributed by atoms with Crippen LogP contribution in [0.1, 0.15) is 44.6 Å². The molecule has 0 heterocycles. The molecule has 0 saturated heterocycles. The molecule has 2 atom stereocenters. The quantitative estimate of drug-likeness (QED) is 0.751. The highest BCUT2D eigenvalue weighted by Crippen LogP contribution is 2.30. The maximum absolute atomic E-state index is 13.6. The van der Waals surface area contributed by atoms with Crippen LogP contribution in [0.25, 0.3) is 0 Å². The zero-order valence-electron chi connectivity index (χ0n) is 10.7. The molecule has 0 spiro atoms. The van der Waals surface area contributed by atoms with E-state index in [4.69, 9.17) is 4.74 Å². The van der Waals surface area contributed by atoms with Gasteiger partial charge in [-0.05, 0) is 49.8 Å². The molecule has 0 N–H and O–H groups in total. The van der Waals surface area contributed by atoms with E-state index in [0.29, 0.717) is 5.75 Å². The van der Waals surface area contributed by atoms with Gasteiger partial charge >= 0.3 is 0 Å². The smallest absolute Gasteiger partial charge is 0.165 e. The topological polar surface area (TPSA) is 9.23 Å². The monoisotopic (exact) mass is 236 g/mol. The summed E-state index contributed by atoms with van der Waals surface area (Å²) < 4.78 is 19.4. The molecule has 1 fully saturated rings. The molecule has 1 nitrogen and oxygen atoms in total. The van der Waals surface area contributed by atoms with Gasteiger partial charge in [0.15, 0.2) is 11.6 Å². The molecular formula is C15H21FO. The van der Waals surface area contributed by atoms with Gasteiger partial charge in [-0.1, -0.05) is 25.8 Å². The number of hydrogen-bond donors (Lipinski definition) is 0. The molecule has 1 aromatic rings. The summed E-state index contributed by atoms with van der Waals surface area (Å²) in [5, 5.41) is 0. The Balaban J connectivity index is 2.02. The van der Waals surface area contributed by atoms with Crippen LogP contribution in [0, 0.1) is 18.7 Å². The van der Waals surface area contributed by atoms with Crippen molar-refractivity contribution < 1.29 is 9.13 Å². The Morgan fingerprint density at radius 1 is 1.35 bits per heavy atom. The lowest BCUT2D eigenvalue weighted by Crippen LogP contribution is -2.25. The van der Waals surface area contributed by atoms with Crippen LogP contribution >= 0.6 is 0 Å². The Labute approximate surface area is 103 Å². The molecule has 2 heteroatoms. The third-order valence-corrected chi connectivity index (χ3v) is 3.69. The van der Waals surface area contributed by atoms with Gasteiger partial charge in [-0.3, -0.25) is 0 Å². The highest BCUT2D eigenvalue weighted by molar-refractivity contribution is 5.29. The second-order valence-corrected chi connectivity index (χ2v) is 5.11. The van der Waals surface area contributed by atoms with Crippen LogP contribution in [0.3, 0.4) is 0 Å². The maximum Gasteiger partial charge on any atom is 0.165 e. The summed E-state index contributed by atoms with van der Waals surface area (Å²) in [7, 11) is 0. The molecule has 1 aliphatic rings. The van der Waals surface area contributed by atoms with Gasteiger partial charge in [-0.2, -0.15) is 0 Å². The number of rotatable bonds is 3. The van der Waals surface area contributed by atoms with Crippen molar-refractivity contribution in [2.24, 2.45) is 5.92 Å². The van der Waals surface area contributed by atoms with Gasteiger partial charge in [0.1, 0.15) is 0 Å². The van der Waals surface area contributed by atoms with Crippen molar-refractivity contribution >= 4 is 0 Å². The first kappa shape index (κ1) is 12.4. The molecule has 0 bridgehead atoms. The summed E-state index contributed by atoms with van der Waals surface area (Å²) in [6.07, 6.45) is 6.04. The van der Waals surface area contributed by atoms with Crippen molar-refractivity contribution in [3.05, 3.63) is 29.6 Å². The molecule has 1 aliphatic carbocycles. The second-order valence-electron chi connectivity index (χ2n) is 5.11. The zero-order chi connectivity index (χ0) is 12.3. The first-order chi connectivity index (χ1) is 8.19. The average Bonchev–Trinajstić information content (AvgIpc) is 2.34. The van der Waals surface area contributed by atoms with E-state index in [1.54, 1.807) is 12.1 Å². The lowest BCUT2D eigenvalue weighted by atomic mass is 9.85. The lowest BCUT2D eigenvalue weighted by Gasteiger charge is -2.29. The fourth-order valence-electron chi connectivity index (χ4n) is 2.60. The predicted octanol–water partition coefficient (Wildman–Crippen LogP) is 4.48. The second kappa shape index (κ2) is 5.52. The summed E-state index contributed by atoms with van der Waals surface area (Å²) in [5.74, 6) is 0.933. The standard InChI is InChI=1S/C15H21FO/c1-3-12-5-4-6-13(10-12)17-15-9-11(2)7-8-14(15)16/h7-9,12-13H,3-6,10H2,1-2H3. The fourth-order valence-corrected chi connectivity index (χ4v) is 2.60. The first-order valence-electron chi connectivity index (χ1n) is 6.62. The van der Waals surface area contributed by atoms with E-state index >= 15 is 0 Å². The molecule has 0 aromatic heterocycles. The molecule has 2 rings (SSSR count). The largest absolute Gasteiger partial charge is 0.487 e. The van der Waals surface area contributed by atoms with Crippen molar-refractivity contribution in [1.82, 2.24) is 0 Å². The minimum Gasteiger partial charge on any atom is -0.487 e. The molecular weight excluding hydrogens is 215 g/mol. The SMILES string of the molecule is CCC1CCCC(Oc2cc(C)ccc2F)C1. The summed E-state index contributed by atoms with van der Waals surface area (Å²) in [6, 6.07) is 5.06. The molecule has 0 amide bonds. The van der Waals surface area contributed by atoms with Crippen molar-refractivity contribution in [3.63, 3.8) is 0 Å². The fraction of sp³-hybridized carbons (Fsp3) is 0.600. The Morgan fingerprint density at radius 2 is 2.18 bits per heavy atom. The summed E-state index contributed by atoms with van der Waals surface area (Å²) in [6.45, 7) is 4.18. The van der Waals surface area contributed by atoms with Crippen LogP contribution in [0.4, 0.5) is 4.39 Å². The molecule has 17 heavy (non-hydrogen) atoms. The van der Waals surface area contributed by atoms with Crippen molar-refractivity contribution in [2.75, 3.05) is 0 Å². The van der Waals surface area contributed by atoms with E-state index in [1.807, 2.05) is 6.92 Å². The molecule has 1 saturated carbocycles. The van der Waals surface area contributed by atoms with Crippen LogP contribution in [-0.2, 0) is 0 Å². The van der Waals surface area contributed by atoms with Gasteiger partial charge in [-0.25, -0.2) is 4.39 Å². The van der Waals surface area contributed by atoms with E-state index in [2.05, 4.69) is 6.92 Å². The Hall–Kier alpha value is -1.05. The minimum absolute atomic E-state index is 0.199. The van der Waals surface area contributed by atoms with Crippen LogP contribution in [0.5, 0.6) is 5.75 Å². The van der Waals surface area contributed by atoms with Gasteiger partial charge in [0.05, 0.1) is 6.10 Å². The molecule has 2 unspecified atom stereocenters. The molecule has 0 radical (unpaired) electrons. The molecule has 0 aliphatic heterocycles. The highest BCUT2D eigenvalue weighted by atomic mass is 19.1. The van der Waals surface area contributed by atoms with E-state index in [9.17, 15) is 4.39 Å². The highest BCUT2D eigenvalue weighted by Gasteiger charge is 2.22. The lowest BCUT2D eigenvalue weighted by molar-refractivity contribution is 0.117. The number of benzene rings is 1. The van der Waals surface area contributed by atoms with Crippen LogP contribution in [0.2, 0.25) is 0 Å². The normalized spacial score (nSPS) is 24.6. The van der Waals surface area contributed by atoms with Gasteiger partial charge < -0.3 is 4.74 Å². The third kappa shape index (κ3) is 3.21. The van der Waals surface area contributed by atoms with E-state index in [1.165, 1.54) is 25.3 Å². The van der Waals surface area contributed by atoms with Crippen LogP contribution in [-0.4, -0.2) is 6.10 Å². The Bertz CT molecular complexity index is 375. The summed E-state index contributed by atoms with van der Waals surface area (Å²) in [4.78, 5) is 0. The van der Waals surface area contributed by atoms with Crippen molar-refractivity contribution in [1.29, 1.82) is 0 Å². The van der Waals surface area contributed by atoms with Crippen molar-refractivity contribution in [3.8, 4) is 5.75 Å². The zero-order valence-corrected chi connectivity index (χ0v) is 10.7. The summed E-state index contributed by atoms with van der Waals surface area (Å²) in [5.41, 5.74) is 1.05.